The molecule has 0 amide bonds. The maximum atomic E-state index is 12.0. The minimum absolute atomic E-state index is 0.326. The fourth-order valence-corrected chi connectivity index (χ4v) is 8.04. The Labute approximate surface area is 346 Å². The highest BCUT2D eigenvalue weighted by Crippen LogP contribution is 2.17. The lowest BCUT2D eigenvalue weighted by atomic mass is 10.0. The number of carbonyl (C=O) groups excluding carboxylic acids is 2. The van der Waals surface area contributed by atoms with Crippen LogP contribution in [0.3, 0.4) is 0 Å². The van der Waals surface area contributed by atoms with Gasteiger partial charge in [0.1, 0.15) is 0 Å². The van der Waals surface area contributed by atoms with E-state index in [-0.39, 0.29) is 11.9 Å². The van der Waals surface area contributed by atoms with Gasteiger partial charge >= 0.3 is 11.9 Å². The lowest BCUT2D eigenvalue weighted by Gasteiger charge is -2.05. The highest BCUT2D eigenvalue weighted by Gasteiger charge is 2.10. The summed E-state index contributed by atoms with van der Waals surface area (Å²) in [5, 5.41) is 0. The first-order chi connectivity index (χ1) is 27.2. The van der Waals surface area contributed by atoms with E-state index in [9.17, 15) is 9.59 Å². The molecule has 3 heteroatoms. The standard InChI is InChI=1S/C52H100O3/c1-3-5-7-9-11-13-15-17-19-20-21-22-23-24-25-26-27-28-29-30-31-32-33-34-36-38-40-42-44-46-48-50-52(54)55-51(53)49-47-45-43-41-39-37-35-18-16-14-12-10-8-6-4-2/h18,35H,3-17,19-34,36-50H2,1-2H3/b35-18-. The maximum absolute atomic E-state index is 12.0. The predicted molar refractivity (Wildman–Crippen MR) is 244 cm³/mol. The van der Waals surface area contributed by atoms with E-state index < -0.39 is 0 Å². The third-order valence-electron chi connectivity index (χ3n) is 11.9. The van der Waals surface area contributed by atoms with E-state index in [1.807, 2.05) is 0 Å². The van der Waals surface area contributed by atoms with E-state index in [0.29, 0.717) is 12.8 Å². The Morgan fingerprint density at radius 3 is 0.673 bits per heavy atom. The number of ether oxygens (including phenoxy) is 1. The molecule has 326 valence electrons. The highest BCUT2D eigenvalue weighted by molar-refractivity contribution is 5.85. The molecule has 0 N–H and O–H groups in total. The molecule has 0 atom stereocenters. The maximum Gasteiger partial charge on any atom is 0.313 e. The average molecular weight is 773 g/mol. The number of hydrogen-bond donors (Lipinski definition) is 0. The monoisotopic (exact) mass is 773 g/mol. The Morgan fingerprint density at radius 1 is 0.273 bits per heavy atom. The Bertz CT molecular complexity index is 773. The van der Waals surface area contributed by atoms with Crippen molar-refractivity contribution in [2.45, 2.75) is 309 Å². The minimum atomic E-state index is -0.330. The molecule has 0 heterocycles. The first kappa shape index (κ1) is 53.9. The second kappa shape index (κ2) is 49.0. The van der Waals surface area contributed by atoms with E-state index in [1.54, 1.807) is 0 Å². The molecule has 0 saturated heterocycles. The summed E-state index contributed by atoms with van der Waals surface area (Å²) in [6.45, 7) is 4.57. The summed E-state index contributed by atoms with van der Waals surface area (Å²) in [6, 6.07) is 0. The Hall–Kier alpha value is -1.12. The van der Waals surface area contributed by atoms with E-state index in [1.165, 1.54) is 250 Å². The summed E-state index contributed by atoms with van der Waals surface area (Å²) in [6.07, 6.45) is 64.8. The summed E-state index contributed by atoms with van der Waals surface area (Å²) >= 11 is 0. The number of carbonyl (C=O) groups is 2. The molecule has 3 nitrogen and oxygen atoms in total. The summed E-state index contributed by atoms with van der Waals surface area (Å²) in [5.74, 6) is -0.656. The van der Waals surface area contributed by atoms with Crippen molar-refractivity contribution in [1.82, 2.24) is 0 Å². The number of hydrogen-bond acceptors (Lipinski definition) is 3. The smallest absolute Gasteiger partial charge is 0.313 e. The van der Waals surface area contributed by atoms with Crippen LogP contribution < -0.4 is 0 Å². The zero-order valence-corrected chi connectivity index (χ0v) is 37.9. The van der Waals surface area contributed by atoms with E-state index in [4.69, 9.17) is 4.74 Å². The van der Waals surface area contributed by atoms with Crippen LogP contribution in [-0.2, 0) is 14.3 Å². The highest BCUT2D eigenvalue weighted by atomic mass is 16.6. The van der Waals surface area contributed by atoms with Gasteiger partial charge in [-0.15, -0.1) is 0 Å². The molecule has 0 aromatic heterocycles. The van der Waals surface area contributed by atoms with Crippen molar-refractivity contribution in [2.75, 3.05) is 0 Å². The first-order valence-corrected chi connectivity index (χ1v) is 25.6. The Morgan fingerprint density at radius 2 is 0.455 bits per heavy atom. The number of allylic oxidation sites excluding steroid dienone is 2. The van der Waals surface area contributed by atoms with Crippen molar-refractivity contribution >= 4 is 11.9 Å². The molecule has 0 aliphatic carbocycles. The molecular weight excluding hydrogens is 673 g/mol. The van der Waals surface area contributed by atoms with Crippen LogP contribution in [0, 0.1) is 0 Å². The van der Waals surface area contributed by atoms with Crippen LogP contribution in [0.5, 0.6) is 0 Å². The van der Waals surface area contributed by atoms with Gasteiger partial charge < -0.3 is 4.74 Å². The van der Waals surface area contributed by atoms with Gasteiger partial charge in [0.25, 0.3) is 0 Å². The molecule has 0 bridgehead atoms. The third kappa shape index (κ3) is 49.0. The summed E-state index contributed by atoms with van der Waals surface area (Å²) < 4.78 is 5.05. The van der Waals surface area contributed by atoms with Crippen LogP contribution in [0.15, 0.2) is 12.2 Å². The van der Waals surface area contributed by atoms with Crippen LogP contribution in [0.2, 0.25) is 0 Å². The number of rotatable bonds is 47. The van der Waals surface area contributed by atoms with Crippen molar-refractivity contribution in [3.63, 3.8) is 0 Å². The van der Waals surface area contributed by atoms with E-state index in [0.717, 1.165) is 32.1 Å². The molecule has 0 aromatic rings. The quantitative estimate of drug-likeness (QED) is 0.0268. The molecule has 0 spiro atoms. The summed E-state index contributed by atoms with van der Waals surface area (Å²) in [4.78, 5) is 24.0. The molecule has 55 heavy (non-hydrogen) atoms. The van der Waals surface area contributed by atoms with Crippen molar-refractivity contribution in [3.8, 4) is 0 Å². The van der Waals surface area contributed by atoms with Gasteiger partial charge in [0.05, 0.1) is 0 Å². The average Bonchev–Trinajstić information content (AvgIpc) is 3.18. The van der Waals surface area contributed by atoms with Crippen LogP contribution in [0.25, 0.3) is 0 Å². The minimum Gasteiger partial charge on any atom is -0.393 e. The van der Waals surface area contributed by atoms with Crippen LogP contribution in [-0.4, -0.2) is 11.9 Å². The zero-order valence-electron chi connectivity index (χ0n) is 37.9. The SMILES string of the molecule is CCCCCCCC/C=C\CCCCCCCC(=O)OC(=O)CCCCCCCCCCCCCCCCCCCCCCCCCCCCCCCCC. The van der Waals surface area contributed by atoms with Crippen molar-refractivity contribution < 1.29 is 14.3 Å². The van der Waals surface area contributed by atoms with Crippen LogP contribution in [0.1, 0.15) is 309 Å². The second-order valence-corrected chi connectivity index (χ2v) is 17.5. The molecule has 0 aromatic carbocycles. The zero-order chi connectivity index (χ0) is 39.8. The largest absolute Gasteiger partial charge is 0.393 e. The fourth-order valence-electron chi connectivity index (χ4n) is 8.04. The van der Waals surface area contributed by atoms with E-state index in [2.05, 4.69) is 26.0 Å². The molecular formula is C52H100O3. The first-order valence-electron chi connectivity index (χ1n) is 25.6. The molecule has 0 fully saturated rings. The van der Waals surface area contributed by atoms with Gasteiger partial charge in [-0.05, 0) is 38.5 Å². The number of esters is 2. The second-order valence-electron chi connectivity index (χ2n) is 17.5. The predicted octanol–water partition coefficient (Wildman–Crippen LogP) is 18.6. The molecule has 0 unspecified atom stereocenters. The fraction of sp³-hybridized carbons (Fsp3) is 0.923. The van der Waals surface area contributed by atoms with Crippen molar-refractivity contribution in [3.05, 3.63) is 12.2 Å². The van der Waals surface area contributed by atoms with Crippen molar-refractivity contribution in [1.29, 1.82) is 0 Å². The van der Waals surface area contributed by atoms with Crippen molar-refractivity contribution in [2.24, 2.45) is 0 Å². The van der Waals surface area contributed by atoms with Gasteiger partial charge in [-0.25, -0.2) is 0 Å². The molecule has 0 radical (unpaired) electrons. The van der Waals surface area contributed by atoms with Gasteiger partial charge in [-0.3, -0.25) is 9.59 Å². The molecule has 0 rings (SSSR count). The Balaban J connectivity index is 3.23. The lowest BCUT2D eigenvalue weighted by Crippen LogP contribution is -2.11. The summed E-state index contributed by atoms with van der Waals surface area (Å²) in [7, 11) is 0. The van der Waals surface area contributed by atoms with Gasteiger partial charge in [-0.2, -0.15) is 0 Å². The van der Waals surface area contributed by atoms with Crippen LogP contribution in [0.4, 0.5) is 0 Å². The third-order valence-corrected chi connectivity index (χ3v) is 11.9. The van der Waals surface area contributed by atoms with Gasteiger partial charge in [-0.1, -0.05) is 270 Å². The van der Waals surface area contributed by atoms with Crippen LogP contribution >= 0.6 is 0 Å². The van der Waals surface area contributed by atoms with Gasteiger partial charge in [0.2, 0.25) is 0 Å². The summed E-state index contributed by atoms with van der Waals surface area (Å²) in [5.41, 5.74) is 0. The Kier molecular flexibility index (Phi) is 48.0. The van der Waals surface area contributed by atoms with Gasteiger partial charge in [0.15, 0.2) is 0 Å². The molecule has 0 aliphatic heterocycles. The normalized spacial score (nSPS) is 11.6. The lowest BCUT2D eigenvalue weighted by molar-refractivity contribution is -0.159. The topological polar surface area (TPSA) is 43.4 Å². The van der Waals surface area contributed by atoms with Gasteiger partial charge in [0, 0.05) is 12.8 Å². The molecule has 0 saturated carbocycles. The van der Waals surface area contributed by atoms with E-state index >= 15 is 0 Å². The number of unbranched alkanes of at least 4 members (excludes halogenated alkanes) is 41. The molecule has 0 aliphatic rings.